The lowest BCUT2D eigenvalue weighted by atomic mass is 10.1. The Labute approximate surface area is 151 Å². The van der Waals surface area contributed by atoms with Crippen LogP contribution in [-0.2, 0) is 29.1 Å². The summed E-state index contributed by atoms with van der Waals surface area (Å²) >= 11 is 0. The Balaban J connectivity index is 1.50. The van der Waals surface area contributed by atoms with Crippen LogP contribution in [-0.4, -0.2) is 56.6 Å². The topological polar surface area (TPSA) is 93.2 Å². The fourth-order valence-electron chi connectivity index (χ4n) is 3.63. The van der Waals surface area contributed by atoms with Gasteiger partial charge in [-0.2, -0.15) is 4.31 Å². The number of rotatable bonds is 3. The molecule has 8 nitrogen and oxygen atoms in total. The average molecular weight is 380 g/mol. The highest BCUT2D eigenvalue weighted by atomic mass is 32.2. The van der Waals surface area contributed by atoms with Crippen molar-refractivity contribution >= 4 is 27.5 Å². The molecule has 1 aromatic carbocycles. The normalized spacial score (nSPS) is 23.9. The summed E-state index contributed by atoms with van der Waals surface area (Å²) in [5.74, 6) is -1.15. The Morgan fingerprint density at radius 2 is 1.42 bits per heavy atom. The zero-order valence-corrected chi connectivity index (χ0v) is 15.0. The van der Waals surface area contributed by atoms with Crippen molar-refractivity contribution in [1.29, 1.82) is 0 Å². The van der Waals surface area contributed by atoms with Gasteiger partial charge in [0.05, 0.1) is 23.8 Å². The molecule has 0 radical (unpaired) electrons. The Hall–Kier alpha value is -1.81. The Morgan fingerprint density at radius 3 is 1.96 bits per heavy atom. The maximum Gasteiger partial charge on any atom is 0.243 e. The second-order valence-corrected chi connectivity index (χ2v) is 8.57. The second-order valence-electron chi connectivity index (χ2n) is 6.63. The highest BCUT2D eigenvalue weighted by Gasteiger charge is 2.42. The first-order valence-electron chi connectivity index (χ1n) is 8.65. The number of carbonyl (C=O) groups excluding carboxylic acids is 2. The number of nitrogens with zero attached hydrogens (tertiary/aromatic N) is 2. The molecule has 0 saturated carbocycles. The number of sulfonamides is 1. The molecule has 3 heterocycles. The van der Waals surface area contributed by atoms with Crippen molar-refractivity contribution in [3.05, 3.63) is 24.3 Å². The number of ether oxygens (including phenoxy) is 2. The molecule has 1 spiro atoms. The van der Waals surface area contributed by atoms with Gasteiger partial charge in [-0.25, -0.2) is 8.42 Å². The molecule has 1 aromatic rings. The lowest BCUT2D eigenvalue weighted by Gasteiger charge is -2.36. The van der Waals surface area contributed by atoms with Crippen LogP contribution in [0.4, 0.5) is 5.69 Å². The van der Waals surface area contributed by atoms with Crippen molar-refractivity contribution < 1.29 is 27.5 Å². The van der Waals surface area contributed by atoms with Gasteiger partial charge in [0.15, 0.2) is 5.79 Å². The molecule has 0 bridgehead atoms. The fourth-order valence-corrected chi connectivity index (χ4v) is 5.08. The lowest BCUT2D eigenvalue weighted by molar-refractivity contribution is -0.179. The standard InChI is InChI=1S/C17H20N2O6S/c20-15-5-6-16(21)19(15)13-1-3-14(4-2-13)26(22,23)18-9-7-17(8-10-18)24-11-12-25-17/h1-4H,5-12H2. The van der Waals surface area contributed by atoms with Crippen LogP contribution < -0.4 is 4.90 Å². The van der Waals surface area contributed by atoms with Gasteiger partial charge >= 0.3 is 0 Å². The maximum absolute atomic E-state index is 12.8. The molecule has 3 aliphatic heterocycles. The van der Waals surface area contributed by atoms with Crippen LogP contribution in [0.2, 0.25) is 0 Å². The molecule has 140 valence electrons. The summed E-state index contributed by atoms with van der Waals surface area (Å²) in [5.41, 5.74) is 0.404. The van der Waals surface area contributed by atoms with Gasteiger partial charge in [0.1, 0.15) is 0 Å². The molecule has 0 N–H and O–H groups in total. The van der Waals surface area contributed by atoms with Crippen LogP contribution in [0.5, 0.6) is 0 Å². The van der Waals surface area contributed by atoms with E-state index in [-0.39, 0.29) is 29.6 Å². The van der Waals surface area contributed by atoms with Crippen LogP contribution in [0.3, 0.4) is 0 Å². The third-order valence-electron chi connectivity index (χ3n) is 5.08. The van der Waals surface area contributed by atoms with Crippen molar-refractivity contribution in [3.63, 3.8) is 0 Å². The number of amides is 2. The highest BCUT2D eigenvalue weighted by molar-refractivity contribution is 7.89. The summed E-state index contributed by atoms with van der Waals surface area (Å²) in [4.78, 5) is 24.8. The number of hydrogen-bond donors (Lipinski definition) is 0. The first-order valence-corrected chi connectivity index (χ1v) is 10.1. The molecule has 9 heteroatoms. The fraction of sp³-hybridized carbons (Fsp3) is 0.529. The van der Waals surface area contributed by atoms with Crippen molar-refractivity contribution in [1.82, 2.24) is 4.31 Å². The van der Waals surface area contributed by atoms with E-state index >= 15 is 0 Å². The van der Waals surface area contributed by atoms with E-state index in [4.69, 9.17) is 9.47 Å². The quantitative estimate of drug-likeness (QED) is 0.723. The first kappa shape index (κ1) is 17.6. The summed E-state index contributed by atoms with van der Waals surface area (Å²) in [6.45, 7) is 1.74. The summed E-state index contributed by atoms with van der Waals surface area (Å²) < 4.78 is 38.4. The van der Waals surface area contributed by atoms with E-state index < -0.39 is 15.8 Å². The molecule has 0 atom stereocenters. The van der Waals surface area contributed by atoms with Crippen LogP contribution >= 0.6 is 0 Å². The van der Waals surface area contributed by atoms with Gasteiger partial charge in [0.2, 0.25) is 21.8 Å². The van der Waals surface area contributed by atoms with Gasteiger partial charge < -0.3 is 9.47 Å². The molecular weight excluding hydrogens is 360 g/mol. The van der Waals surface area contributed by atoms with Crippen LogP contribution in [0.25, 0.3) is 0 Å². The molecule has 3 aliphatic rings. The highest BCUT2D eigenvalue weighted by Crippen LogP contribution is 2.33. The summed E-state index contributed by atoms with van der Waals surface area (Å²) in [6.07, 6.45) is 1.39. The third kappa shape index (κ3) is 2.94. The van der Waals surface area contributed by atoms with Crippen molar-refractivity contribution in [3.8, 4) is 0 Å². The first-order chi connectivity index (χ1) is 12.4. The minimum Gasteiger partial charge on any atom is -0.347 e. The molecule has 26 heavy (non-hydrogen) atoms. The zero-order chi connectivity index (χ0) is 18.4. The van der Waals surface area contributed by atoms with E-state index in [9.17, 15) is 18.0 Å². The number of piperidine rings is 1. The number of hydrogen-bond acceptors (Lipinski definition) is 6. The molecule has 4 rings (SSSR count). The minimum absolute atomic E-state index is 0.143. The van der Waals surface area contributed by atoms with Gasteiger partial charge in [-0.3, -0.25) is 14.5 Å². The van der Waals surface area contributed by atoms with E-state index in [0.717, 1.165) is 4.90 Å². The largest absolute Gasteiger partial charge is 0.347 e. The Morgan fingerprint density at radius 1 is 0.885 bits per heavy atom. The second kappa shape index (κ2) is 6.41. The molecule has 3 fully saturated rings. The Kier molecular flexibility index (Phi) is 4.34. The maximum atomic E-state index is 12.8. The smallest absolute Gasteiger partial charge is 0.243 e. The van der Waals surface area contributed by atoms with Crippen molar-refractivity contribution in [2.24, 2.45) is 0 Å². The Bertz CT molecular complexity index is 803. The number of imide groups is 1. The summed E-state index contributed by atoms with van der Waals surface area (Å²) in [5, 5.41) is 0. The van der Waals surface area contributed by atoms with Gasteiger partial charge in [0, 0.05) is 38.8 Å². The minimum atomic E-state index is -3.64. The predicted octanol–water partition coefficient (Wildman–Crippen LogP) is 0.868. The molecule has 0 aromatic heterocycles. The molecule has 0 unspecified atom stereocenters. The van der Waals surface area contributed by atoms with E-state index in [2.05, 4.69) is 0 Å². The van der Waals surface area contributed by atoms with E-state index in [1.807, 2.05) is 0 Å². The number of carbonyl (C=O) groups is 2. The summed E-state index contributed by atoms with van der Waals surface area (Å²) in [6, 6.07) is 5.89. The van der Waals surface area contributed by atoms with Crippen molar-refractivity contribution in [2.75, 3.05) is 31.2 Å². The molecule has 2 amide bonds. The van der Waals surface area contributed by atoms with Crippen molar-refractivity contribution in [2.45, 2.75) is 36.4 Å². The summed E-state index contributed by atoms with van der Waals surface area (Å²) in [7, 11) is -3.64. The molecule has 3 saturated heterocycles. The van der Waals surface area contributed by atoms with Crippen LogP contribution in [0.15, 0.2) is 29.2 Å². The van der Waals surface area contributed by atoms with Crippen LogP contribution in [0.1, 0.15) is 25.7 Å². The van der Waals surface area contributed by atoms with Crippen LogP contribution in [0, 0.1) is 0 Å². The van der Waals surface area contributed by atoms with Gasteiger partial charge in [-0.05, 0) is 24.3 Å². The number of benzene rings is 1. The van der Waals surface area contributed by atoms with Gasteiger partial charge in [-0.15, -0.1) is 0 Å². The monoisotopic (exact) mass is 380 g/mol. The molecular formula is C17H20N2O6S. The zero-order valence-electron chi connectivity index (χ0n) is 14.2. The lowest BCUT2D eigenvalue weighted by Crippen LogP contribution is -2.47. The van der Waals surface area contributed by atoms with E-state index in [1.54, 1.807) is 0 Å². The van der Waals surface area contributed by atoms with E-state index in [1.165, 1.54) is 28.6 Å². The molecule has 0 aliphatic carbocycles. The predicted molar refractivity (Wildman–Crippen MR) is 90.8 cm³/mol. The van der Waals surface area contributed by atoms with E-state index in [0.29, 0.717) is 44.8 Å². The average Bonchev–Trinajstić information content (AvgIpc) is 3.22. The third-order valence-corrected chi connectivity index (χ3v) is 6.99. The SMILES string of the molecule is O=C1CCC(=O)N1c1ccc(S(=O)(=O)N2CCC3(CC2)OCCO3)cc1. The van der Waals surface area contributed by atoms with Gasteiger partial charge in [-0.1, -0.05) is 0 Å². The van der Waals surface area contributed by atoms with Gasteiger partial charge in [0.25, 0.3) is 0 Å². The number of anilines is 1.